The van der Waals surface area contributed by atoms with Gasteiger partial charge in [0.05, 0.1) is 5.70 Å². The van der Waals surface area contributed by atoms with Gasteiger partial charge in [0, 0.05) is 13.1 Å². The molecule has 6 heteroatoms. The van der Waals surface area contributed by atoms with Crippen molar-refractivity contribution in [3.05, 3.63) is 11.3 Å². The van der Waals surface area contributed by atoms with E-state index in [-0.39, 0.29) is 18.7 Å². The van der Waals surface area contributed by atoms with Gasteiger partial charge in [0.15, 0.2) is 0 Å². The van der Waals surface area contributed by atoms with E-state index in [2.05, 4.69) is 0 Å². The van der Waals surface area contributed by atoms with E-state index in [0.29, 0.717) is 12.8 Å². The Hall–Kier alpha value is -0.810. The molecule has 1 nitrogen and oxygen atoms in total. The summed E-state index contributed by atoms with van der Waals surface area (Å²) in [5.74, 6) is -4.77. The number of hydrogen-bond acceptors (Lipinski definition) is 1. The summed E-state index contributed by atoms with van der Waals surface area (Å²) < 4.78 is 64.5. The Labute approximate surface area is 104 Å². The van der Waals surface area contributed by atoms with Crippen LogP contribution in [0.1, 0.15) is 39.5 Å². The van der Waals surface area contributed by atoms with Gasteiger partial charge in [0.2, 0.25) is 0 Å². The molecule has 1 fully saturated rings. The molecule has 0 aromatic heterocycles. The lowest BCUT2D eigenvalue weighted by Crippen LogP contribution is -2.45. The predicted molar refractivity (Wildman–Crippen MR) is 59.4 cm³/mol. The van der Waals surface area contributed by atoms with Crippen molar-refractivity contribution in [3.63, 3.8) is 0 Å². The first-order valence-corrected chi connectivity index (χ1v) is 6.05. The summed E-state index contributed by atoms with van der Waals surface area (Å²) >= 11 is 0. The van der Waals surface area contributed by atoms with Crippen LogP contribution >= 0.6 is 0 Å². The lowest BCUT2D eigenvalue weighted by Gasteiger charge is -2.33. The van der Waals surface area contributed by atoms with Gasteiger partial charge in [-0.3, -0.25) is 0 Å². The summed E-state index contributed by atoms with van der Waals surface area (Å²) in [5.41, 5.74) is -0.837. The molecule has 106 valence electrons. The van der Waals surface area contributed by atoms with Crippen molar-refractivity contribution in [2.75, 3.05) is 13.1 Å². The third-order valence-corrected chi connectivity index (χ3v) is 3.05. The van der Waals surface area contributed by atoms with Crippen LogP contribution in [0.25, 0.3) is 0 Å². The van der Waals surface area contributed by atoms with Crippen molar-refractivity contribution >= 4 is 0 Å². The molecule has 0 N–H and O–H groups in total. The summed E-state index contributed by atoms with van der Waals surface area (Å²) in [6, 6.07) is 0. The molecule has 0 unspecified atom stereocenters. The highest BCUT2D eigenvalue weighted by Gasteiger charge is 2.61. The van der Waals surface area contributed by atoms with Crippen LogP contribution in [-0.2, 0) is 0 Å². The lowest BCUT2D eigenvalue weighted by atomic mass is 10.1. The number of alkyl halides is 5. The standard InChI is InChI=1S/C12H18F5N/c1-9(2)10(11(13,14)12(15,16)17)18-7-5-3-4-6-8-18/h3-8H2,1-2H3. The van der Waals surface area contributed by atoms with Crippen LogP contribution in [0.15, 0.2) is 11.3 Å². The smallest absolute Gasteiger partial charge is 0.370 e. The van der Waals surface area contributed by atoms with E-state index in [1.54, 1.807) is 0 Å². The van der Waals surface area contributed by atoms with Crippen molar-refractivity contribution in [3.8, 4) is 0 Å². The summed E-state index contributed by atoms with van der Waals surface area (Å²) in [7, 11) is 0. The van der Waals surface area contributed by atoms with E-state index >= 15 is 0 Å². The van der Waals surface area contributed by atoms with E-state index in [1.165, 1.54) is 18.7 Å². The minimum Gasteiger partial charge on any atom is -0.370 e. The number of rotatable bonds is 2. The van der Waals surface area contributed by atoms with Gasteiger partial charge in [0.25, 0.3) is 0 Å². The summed E-state index contributed by atoms with van der Waals surface area (Å²) in [6.07, 6.45) is -2.46. The van der Waals surface area contributed by atoms with Crippen LogP contribution in [-0.4, -0.2) is 30.1 Å². The highest BCUT2D eigenvalue weighted by molar-refractivity contribution is 5.20. The molecule has 0 aromatic rings. The summed E-state index contributed by atoms with van der Waals surface area (Å²) in [6.45, 7) is 3.15. The Balaban J connectivity index is 3.07. The Morgan fingerprint density at radius 3 is 1.61 bits per heavy atom. The van der Waals surface area contributed by atoms with Gasteiger partial charge < -0.3 is 4.90 Å². The van der Waals surface area contributed by atoms with E-state index in [4.69, 9.17) is 0 Å². The molecule has 1 rings (SSSR count). The fraction of sp³-hybridized carbons (Fsp3) is 0.833. The third-order valence-electron chi connectivity index (χ3n) is 3.05. The molecule has 0 radical (unpaired) electrons. The first-order chi connectivity index (χ1) is 8.18. The fourth-order valence-corrected chi connectivity index (χ4v) is 2.26. The predicted octanol–water partition coefficient (Wildman–Crippen LogP) is 4.35. The molecule has 1 heterocycles. The van der Waals surface area contributed by atoms with Crippen LogP contribution in [0.3, 0.4) is 0 Å². The number of nitrogens with zero attached hydrogens (tertiary/aromatic N) is 1. The van der Waals surface area contributed by atoms with E-state index in [9.17, 15) is 22.0 Å². The van der Waals surface area contributed by atoms with Gasteiger partial charge >= 0.3 is 12.1 Å². The molecule has 1 saturated heterocycles. The topological polar surface area (TPSA) is 3.24 Å². The SMILES string of the molecule is CC(C)=C(N1CCCCCC1)C(F)(F)C(F)(F)F. The van der Waals surface area contributed by atoms with Crippen LogP contribution in [0.2, 0.25) is 0 Å². The molecule has 0 spiro atoms. The molecule has 1 aliphatic heterocycles. The Kier molecular flexibility index (Phi) is 4.61. The van der Waals surface area contributed by atoms with Crippen LogP contribution < -0.4 is 0 Å². The molecule has 1 aliphatic rings. The van der Waals surface area contributed by atoms with Crippen LogP contribution in [0, 0.1) is 0 Å². The second-order valence-electron chi connectivity index (χ2n) is 4.82. The largest absolute Gasteiger partial charge is 0.459 e. The first-order valence-electron chi connectivity index (χ1n) is 6.05. The van der Waals surface area contributed by atoms with E-state index in [1.807, 2.05) is 0 Å². The third kappa shape index (κ3) is 3.14. The van der Waals surface area contributed by atoms with Crippen molar-refractivity contribution in [1.29, 1.82) is 0 Å². The Bertz CT molecular complexity index is 307. The van der Waals surface area contributed by atoms with Crippen molar-refractivity contribution < 1.29 is 22.0 Å². The maximum atomic E-state index is 13.5. The lowest BCUT2D eigenvalue weighted by molar-refractivity contribution is -0.271. The van der Waals surface area contributed by atoms with Gasteiger partial charge in [-0.15, -0.1) is 0 Å². The maximum Gasteiger partial charge on any atom is 0.459 e. The van der Waals surface area contributed by atoms with Gasteiger partial charge in [0.1, 0.15) is 0 Å². The number of allylic oxidation sites excluding steroid dienone is 2. The molecule has 0 bridgehead atoms. The second-order valence-corrected chi connectivity index (χ2v) is 4.82. The normalized spacial score (nSPS) is 18.5. The fourth-order valence-electron chi connectivity index (χ4n) is 2.26. The van der Waals surface area contributed by atoms with Gasteiger partial charge in [-0.25, -0.2) is 0 Å². The van der Waals surface area contributed by atoms with Crippen LogP contribution in [0.4, 0.5) is 22.0 Å². The monoisotopic (exact) mass is 271 g/mol. The number of halogens is 5. The highest BCUT2D eigenvalue weighted by atomic mass is 19.4. The molecule has 0 atom stereocenters. The average Bonchev–Trinajstić information content (AvgIpc) is 2.43. The highest BCUT2D eigenvalue weighted by Crippen LogP contribution is 2.43. The molecule has 0 aliphatic carbocycles. The second kappa shape index (κ2) is 5.45. The van der Waals surface area contributed by atoms with E-state index < -0.39 is 17.8 Å². The summed E-state index contributed by atoms with van der Waals surface area (Å²) in [5, 5.41) is 0. The molecule has 18 heavy (non-hydrogen) atoms. The quantitative estimate of drug-likeness (QED) is 0.675. The first kappa shape index (κ1) is 15.2. The molecule has 0 amide bonds. The zero-order valence-corrected chi connectivity index (χ0v) is 10.6. The molecular weight excluding hydrogens is 253 g/mol. The van der Waals surface area contributed by atoms with Gasteiger partial charge in [-0.2, -0.15) is 22.0 Å². The van der Waals surface area contributed by atoms with Crippen molar-refractivity contribution in [1.82, 2.24) is 4.90 Å². The number of hydrogen-bond donors (Lipinski definition) is 0. The minimum absolute atomic E-state index is 0.0271. The van der Waals surface area contributed by atoms with Gasteiger partial charge in [-0.1, -0.05) is 18.4 Å². The zero-order valence-electron chi connectivity index (χ0n) is 10.6. The molecular formula is C12H18F5N. The number of likely N-dealkylation sites (tertiary alicyclic amines) is 1. The van der Waals surface area contributed by atoms with Crippen molar-refractivity contribution in [2.24, 2.45) is 0 Å². The molecule has 0 aromatic carbocycles. The summed E-state index contributed by atoms with van der Waals surface area (Å²) in [4.78, 5) is 1.20. The maximum absolute atomic E-state index is 13.5. The van der Waals surface area contributed by atoms with E-state index in [0.717, 1.165) is 12.8 Å². The Morgan fingerprint density at radius 2 is 1.28 bits per heavy atom. The van der Waals surface area contributed by atoms with Crippen molar-refractivity contribution in [2.45, 2.75) is 51.6 Å². The zero-order chi connectivity index (χ0) is 14.0. The van der Waals surface area contributed by atoms with Crippen LogP contribution in [0.5, 0.6) is 0 Å². The molecule has 0 saturated carbocycles. The Morgan fingerprint density at radius 1 is 0.833 bits per heavy atom. The van der Waals surface area contributed by atoms with Gasteiger partial charge in [-0.05, 0) is 26.7 Å². The minimum atomic E-state index is -5.54. The average molecular weight is 271 g/mol.